The Labute approximate surface area is 188 Å². The molecule has 0 atom stereocenters. The van der Waals surface area contributed by atoms with Crippen LogP contribution in [0.15, 0.2) is 59.0 Å². The third-order valence-corrected chi connectivity index (χ3v) is 5.16. The number of aromatic nitrogens is 1. The van der Waals surface area contributed by atoms with E-state index in [0.29, 0.717) is 38.5 Å². The van der Waals surface area contributed by atoms with Crippen LogP contribution in [-0.4, -0.2) is 22.6 Å². The lowest BCUT2D eigenvalue weighted by atomic mass is 10.1. The highest BCUT2D eigenvalue weighted by Crippen LogP contribution is 2.33. The van der Waals surface area contributed by atoms with Crippen molar-refractivity contribution < 1.29 is 19.1 Å². The van der Waals surface area contributed by atoms with E-state index < -0.39 is 5.91 Å². The molecule has 1 heterocycles. The number of carbonyl (C=O) groups excluding carboxylic acids is 1. The highest BCUT2D eigenvalue weighted by atomic mass is 35.5. The maximum Gasteiger partial charge on any atom is 0.262 e. The predicted molar refractivity (Wildman–Crippen MR) is 121 cm³/mol. The van der Waals surface area contributed by atoms with Crippen molar-refractivity contribution >= 4 is 45.9 Å². The summed E-state index contributed by atoms with van der Waals surface area (Å²) in [6.45, 7) is 1.81. The number of nitrogens with one attached hydrogen (secondary N) is 1. The Kier molecular flexibility index (Phi) is 6.02. The molecule has 1 aromatic heterocycles. The van der Waals surface area contributed by atoms with Crippen LogP contribution in [0.5, 0.6) is 11.5 Å². The maximum atomic E-state index is 12.2. The molecule has 1 amide bonds. The molecule has 0 saturated heterocycles. The first-order valence-corrected chi connectivity index (χ1v) is 10.3. The zero-order valence-electron chi connectivity index (χ0n) is 16.5. The Morgan fingerprint density at radius 3 is 2.71 bits per heavy atom. The van der Waals surface area contributed by atoms with Crippen molar-refractivity contribution in [3.63, 3.8) is 0 Å². The Hall–Kier alpha value is -3.22. The molecule has 3 aromatic carbocycles. The van der Waals surface area contributed by atoms with Crippen LogP contribution in [0, 0.1) is 0 Å². The fourth-order valence-corrected chi connectivity index (χ4v) is 3.49. The zero-order valence-corrected chi connectivity index (χ0v) is 18.0. The minimum atomic E-state index is -0.410. The number of benzene rings is 3. The first-order chi connectivity index (χ1) is 14.9. The molecule has 0 aliphatic heterocycles. The molecule has 0 saturated carbocycles. The van der Waals surface area contributed by atoms with Gasteiger partial charge in [-0.05, 0) is 54.4 Å². The number of fused-ring (bicyclic) bond motifs is 1. The molecule has 0 radical (unpaired) electrons. The summed E-state index contributed by atoms with van der Waals surface area (Å²) in [7, 11) is 0. The number of oxazole rings is 1. The number of nitrogens with zero attached hydrogens (tertiary/aromatic N) is 1. The van der Waals surface area contributed by atoms with E-state index in [1.54, 1.807) is 24.3 Å². The van der Waals surface area contributed by atoms with Gasteiger partial charge < -0.3 is 19.6 Å². The molecule has 0 aliphatic rings. The molecule has 8 heteroatoms. The van der Waals surface area contributed by atoms with Crippen LogP contribution < -0.4 is 10.1 Å². The SMILES string of the molecule is CCc1ccc2oc(-c3ccc(NC(=O)COc4ccc(Cl)cc4Cl)cc3O)nc2c1. The van der Waals surface area contributed by atoms with E-state index in [1.807, 2.05) is 18.2 Å². The fourth-order valence-electron chi connectivity index (χ4n) is 3.03. The summed E-state index contributed by atoms with van der Waals surface area (Å²) < 4.78 is 11.2. The van der Waals surface area contributed by atoms with Crippen LogP contribution in [0.4, 0.5) is 5.69 Å². The number of phenolic OH excluding ortho intramolecular Hbond substituents is 1. The molecule has 158 valence electrons. The molecule has 0 bridgehead atoms. The summed E-state index contributed by atoms with van der Waals surface area (Å²) in [6, 6.07) is 15.2. The molecule has 4 rings (SSSR count). The standard InChI is InChI=1S/C23H18Cl2N2O4/c1-2-13-3-7-21-18(9-13)27-23(31-21)16-6-5-15(11-19(16)28)26-22(29)12-30-20-8-4-14(24)10-17(20)25/h3-11,28H,2,12H2,1H3,(H,26,29). The molecule has 2 N–H and O–H groups in total. The van der Waals surface area contributed by atoms with Crippen molar-refractivity contribution in [3.05, 3.63) is 70.2 Å². The first kappa shape index (κ1) is 21.0. The van der Waals surface area contributed by atoms with E-state index in [0.717, 1.165) is 17.5 Å². The third-order valence-electron chi connectivity index (χ3n) is 4.62. The van der Waals surface area contributed by atoms with E-state index in [-0.39, 0.29) is 12.4 Å². The summed E-state index contributed by atoms with van der Waals surface area (Å²) >= 11 is 11.9. The van der Waals surface area contributed by atoms with Gasteiger partial charge in [0.15, 0.2) is 12.2 Å². The predicted octanol–water partition coefficient (Wildman–Crippen LogP) is 6.09. The zero-order chi connectivity index (χ0) is 22.0. The lowest BCUT2D eigenvalue weighted by Crippen LogP contribution is -2.20. The van der Waals surface area contributed by atoms with E-state index in [9.17, 15) is 9.90 Å². The van der Waals surface area contributed by atoms with Gasteiger partial charge in [-0.2, -0.15) is 0 Å². The Morgan fingerprint density at radius 2 is 1.97 bits per heavy atom. The average Bonchev–Trinajstić information content (AvgIpc) is 3.16. The van der Waals surface area contributed by atoms with E-state index in [1.165, 1.54) is 12.1 Å². The number of aryl methyl sites for hydroxylation is 1. The van der Waals surface area contributed by atoms with Gasteiger partial charge >= 0.3 is 0 Å². The molecule has 0 unspecified atom stereocenters. The van der Waals surface area contributed by atoms with Crippen LogP contribution in [0.25, 0.3) is 22.6 Å². The third kappa shape index (κ3) is 4.76. The van der Waals surface area contributed by atoms with Gasteiger partial charge in [-0.25, -0.2) is 4.98 Å². The quantitative estimate of drug-likeness (QED) is 0.366. The smallest absolute Gasteiger partial charge is 0.262 e. The lowest BCUT2D eigenvalue weighted by Gasteiger charge is -2.10. The molecular formula is C23H18Cl2N2O4. The number of rotatable bonds is 6. The number of aromatic hydroxyl groups is 1. The van der Waals surface area contributed by atoms with E-state index in [2.05, 4.69) is 17.2 Å². The van der Waals surface area contributed by atoms with Gasteiger partial charge in [-0.3, -0.25) is 4.79 Å². The van der Waals surface area contributed by atoms with Crippen molar-refractivity contribution in [1.29, 1.82) is 0 Å². The van der Waals surface area contributed by atoms with Gasteiger partial charge in [0.2, 0.25) is 5.89 Å². The summed E-state index contributed by atoms with van der Waals surface area (Å²) in [5.41, 5.74) is 3.35. The van der Waals surface area contributed by atoms with Gasteiger partial charge in [0.1, 0.15) is 17.0 Å². The molecule has 4 aromatic rings. The van der Waals surface area contributed by atoms with Crippen LogP contribution in [0.3, 0.4) is 0 Å². The topological polar surface area (TPSA) is 84.6 Å². The molecule has 31 heavy (non-hydrogen) atoms. The van der Waals surface area contributed by atoms with Crippen LogP contribution in [0.2, 0.25) is 10.0 Å². The fraction of sp³-hybridized carbons (Fsp3) is 0.130. The van der Waals surface area contributed by atoms with Crippen molar-refractivity contribution in [3.8, 4) is 23.0 Å². The highest BCUT2D eigenvalue weighted by molar-refractivity contribution is 6.35. The van der Waals surface area contributed by atoms with Crippen molar-refractivity contribution in [2.75, 3.05) is 11.9 Å². The minimum absolute atomic E-state index is 0.0678. The van der Waals surface area contributed by atoms with E-state index >= 15 is 0 Å². The van der Waals surface area contributed by atoms with Crippen molar-refractivity contribution in [1.82, 2.24) is 4.98 Å². The summed E-state index contributed by atoms with van der Waals surface area (Å²) in [5.74, 6) is 0.176. The number of halogens is 2. The van der Waals surface area contributed by atoms with Gasteiger partial charge in [0.25, 0.3) is 5.91 Å². The average molecular weight is 457 g/mol. The summed E-state index contributed by atoms with van der Waals surface area (Å²) in [6.07, 6.45) is 0.895. The van der Waals surface area contributed by atoms with Gasteiger partial charge in [0, 0.05) is 16.8 Å². The molecule has 0 spiro atoms. The number of amides is 1. The number of hydrogen-bond acceptors (Lipinski definition) is 5. The second-order valence-corrected chi connectivity index (χ2v) is 7.66. The number of phenols is 1. The maximum absolute atomic E-state index is 12.2. The van der Waals surface area contributed by atoms with Gasteiger partial charge in [0.05, 0.1) is 10.6 Å². The van der Waals surface area contributed by atoms with Crippen LogP contribution in [-0.2, 0) is 11.2 Å². The monoisotopic (exact) mass is 456 g/mol. The van der Waals surface area contributed by atoms with Crippen molar-refractivity contribution in [2.24, 2.45) is 0 Å². The number of ether oxygens (including phenoxy) is 1. The van der Waals surface area contributed by atoms with E-state index in [4.69, 9.17) is 32.4 Å². The molecular weight excluding hydrogens is 439 g/mol. The molecule has 6 nitrogen and oxygen atoms in total. The Morgan fingerprint density at radius 1 is 1.13 bits per heavy atom. The minimum Gasteiger partial charge on any atom is -0.507 e. The van der Waals surface area contributed by atoms with Crippen LogP contribution in [0.1, 0.15) is 12.5 Å². The van der Waals surface area contributed by atoms with Crippen molar-refractivity contribution in [2.45, 2.75) is 13.3 Å². The number of carbonyl (C=O) groups is 1. The summed E-state index contributed by atoms with van der Waals surface area (Å²) in [4.78, 5) is 16.7. The molecule has 0 aliphatic carbocycles. The lowest BCUT2D eigenvalue weighted by molar-refractivity contribution is -0.118. The second-order valence-electron chi connectivity index (χ2n) is 6.82. The first-order valence-electron chi connectivity index (χ1n) is 9.53. The molecule has 0 fully saturated rings. The normalized spacial score (nSPS) is 10.9. The van der Waals surface area contributed by atoms with Gasteiger partial charge in [-0.15, -0.1) is 0 Å². The largest absolute Gasteiger partial charge is 0.507 e. The van der Waals surface area contributed by atoms with Gasteiger partial charge in [-0.1, -0.05) is 36.2 Å². The Bertz CT molecular complexity index is 1270. The van der Waals surface area contributed by atoms with Crippen LogP contribution >= 0.6 is 23.2 Å². The second kappa shape index (κ2) is 8.88. The number of hydrogen-bond donors (Lipinski definition) is 2. The Balaban J connectivity index is 1.45. The highest BCUT2D eigenvalue weighted by Gasteiger charge is 2.14. The summed E-state index contributed by atoms with van der Waals surface area (Å²) in [5, 5.41) is 13.9. The number of anilines is 1.